The maximum Gasteiger partial charge on any atom is 0.460 e. The number of methoxy groups -OCH3 is 1. The number of nitro groups is 1. The number of likely N-dealkylation sites (N-methyl/N-ethyl adjacent to an activating group) is 1. The van der Waals surface area contributed by atoms with E-state index < -0.39 is 114 Å². The largest absolute Gasteiger partial charge is 0.466 e. The first-order valence-corrected chi connectivity index (χ1v) is 15.7. The smallest absolute Gasteiger partial charge is 0.460 e. The van der Waals surface area contributed by atoms with Gasteiger partial charge < -0.3 is 14.8 Å². The number of halogens is 17. The number of hydrogen-bond acceptors (Lipinski definition) is 9. The van der Waals surface area contributed by atoms with E-state index in [4.69, 9.17) is 4.74 Å². The topological polar surface area (TPSA) is 145 Å². The standard InChI is InChI=1S/C27H22F17N3O8S/c1-11-15(18(48)54-4)17(13-6-5-7-14(10-13)47(50)51)16(12(2)45-11)19(49)55-9-8-46(3)56(52,53)27(43,44)25(38,39)23(34,35)21(30,31)20(28,29)22(32,33)24(36,37)26(40,41)42/h5-7,10,17,45H,8-9H2,1-4H3. The Hall–Kier alpha value is -4.44. The van der Waals surface area contributed by atoms with E-state index in [-0.39, 0.29) is 24.0 Å². The zero-order chi connectivity index (χ0) is 44.2. The Kier molecular flexibility index (Phi) is 12.6. The Morgan fingerprint density at radius 2 is 1.20 bits per heavy atom. The van der Waals surface area contributed by atoms with Crippen LogP contribution in [-0.4, -0.2) is 104 Å². The van der Waals surface area contributed by atoms with E-state index in [1.54, 1.807) is 0 Å². The average Bonchev–Trinajstić information content (AvgIpc) is 3.06. The molecule has 1 unspecified atom stereocenters. The van der Waals surface area contributed by atoms with E-state index in [1.165, 1.54) is 6.92 Å². The van der Waals surface area contributed by atoms with Gasteiger partial charge in [-0.3, -0.25) is 10.1 Å². The molecule has 318 valence electrons. The number of nitrogens with one attached hydrogen (secondary N) is 1. The van der Waals surface area contributed by atoms with Gasteiger partial charge in [0, 0.05) is 37.1 Å². The van der Waals surface area contributed by atoms with Gasteiger partial charge in [0.05, 0.1) is 29.1 Å². The molecule has 1 heterocycles. The van der Waals surface area contributed by atoms with Crippen LogP contribution in [0, 0.1) is 10.1 Å². The van der Waals surface area contributed by atoms with Crippen molar-refractivity contribution in [2.45, 2.75) is 66.7 Å². The molecule has 0 saturated heterocycles. The molecule has 1 aliphatic rings. The maximum absolute atomic E-state index is 14.6. The van der Waals surface area contributed by atoms with Crippen molar-refractivity contribution in [2.75, 3.05) is 27.3 Å². The number of dihydropyridines is 1. The zero-order valence-corrected chi connectivity index (χ0v) is 28.6. The minimum absolute atomic E-state index is 0.0192. The number of nitro benzene ring substituents is 1. The molecular weight excluding hydrogens is 849 g/mol. The lowest BCUT2D eigenvalue weighted by atomic mass is 9.80. The third kappa shape index (κ3) is 7.18. The van der Waals surface area contributed by atoms with E-state index in [0.717, 1.165) is 38.3 Å². The summed E-state index contributed by atoms with van der Waals surface area (Å²) in [4.78, 5) is 36.3. The molecule has 1 aliphatic heterocycles. The van der Waals surface area contributed by atoms with Crippen LogP contribution in [0.15, 0.2) is 46.8 Å². The predicted molar refractivity (Wildman–Crippen MR) is 150 cm³/mol. The number of ether oxygens (including phenoxy) is 2. The molecule has 0 radical (unpaired) electrons. The molecular formula is C27H22F17N3O8S. The van der Waals surface area contributed by atoms with Crippen LogP contribution in [-0.2, 0) is 29.1 Å². The Morgan fingerprint density at radius 3 is 1.62 bits per heavy atom. The number of non-ortho nitro benzene ring substituents is 1. The van der Waals surface area contributed by atoms with Crippen LogP contribution in [0.2, 0.25) is 0 Å². The highest BCUT2D eigenvalue weighted by Gasteiger charge is 2.96. The van der Waals surface area contributed by atoms with Crippen LogP contribution >= 0.6 is 0 Å². The Labute approximate surface area is 301 Å². The number of sulfonamides is 1. The molecule has 1 aromatic rings. The Morgan fingerprint density at radius 1 is 0.768 bits per heavy atom. The lowest BCUT2D eigenvalue weighted by Crippen LogP contribution is -2.75. The first-order valence-electron chi connectivity index (χ1n) is 14.2. The molecule has 1 N–H and O–H groups in total. The third-order valence-electron chi connectivity index (χ3n) is 7.87. The summed E-state index contributed by atoms with van der Waals surface area (Å²) in [7, 11) is -7.04. The average molecular weight is 872 g/mol. The van der Waals surface area contributed by atoms with Crippen LogP contribution in [0.1, 0.15) is 25.3 Å². The number of rotatable bonds is 15. The number of carbonyl (C=O) groups is 2. The van der Waals surface area contributed by atoms with Gasteiger partial charge in [0.25, 0.3) is 15.7 Å². The van der Waals surface area contributed by atoms with Crippen LogP contribution in [0.3, 0.4) is 0 Å². The van der Waals surface area contributed by atoms with Crippen molar-refractivity contribution >= 4 is 27.6 Å². The molecule has 1 aromatic carbocycles. The fourth-order valence-electron chi connectivity index (χ4n) is 4.77. The van der Waals surface area contributed by atoms with Gasteiger partial charge in [-0.25, -0.2) is 18.0 Å². The van der Waals surface area contributed by atoms with E-state index in [0.29, 0.717) is 0 Å². The van der Waals surface area contributed by atoms with Gasteiger partial charge in [0.1, 0.15) is 6.61 Å². The number of alkyl halides is 17. The number of allylic oxidation sites excluding steroid dienone is 2. The summed E-state index contributed by atoms with van der Waals surface area (Å²) in [6, 6.07) is 4.10. The van der Waals surface area contributed by atoms with Crippen molar-refractivity contribution in [1.82, 2.24) is 9.62 Å². The molecule has 0 aliphatic carbocycles. The van der Waals surface area contributed by atoms with Gasteiger partial charge in [0.2, 0.25) is 0 Å². The van der Waals surface area contributed by atoms with Crippen molar-refractivity contribution in [3.63, 3.8) is 0 Å². The molecule has 11 nitrogen and oxygen atoms in total. The van der Waals surface area contributed by atoms with Crippen molar-refractivity contribution < 1.29 is 107 Å². The maximum atomic E-state index is 14.6. The molecule has 0 spiro atoms. The number of carbonyl (C=O) groups excluding carboxylic acids is 2. The molecule has 0 fully saturated rings. The highest BCUT2D eigenvalue weighted by Crippen LogP contribution is 2.64. The van der Waals surface area contributed by atoms with Crippen LogP contribution < -0.4 is 5.32 Å². The van der Waals surface area contributed by atoms with Crippen molar-refractivity contribution in [3.8, 4) is 0 Å². The van der Waals surface area contributed by atoms with Crippen LogP contribution in [0.5, 0.6) is 0 Å². The van der Waals surface area contributed by atoms with Gasteiger partial charge in [-0.15, -0.1) is 0 Å². The summed E-state index contributed by atoms with van der Waals surface area (Å²) in [5, 5.41) is 6.06. The van der Waals surface area contributed by atoms with Gasteiger partial charge >= 0.3 is 58.9 Å². The molecule has 1 atom stereocenters. The second-order valence-electron chi connectivity index (χ2n) is 11.4. The second-order valence-corrected chi connectivity index (χ2v) is 13.5. The van der Waals surface area contributed by atoms with Gasteiger partial charge in [0.15, 0.2) is 0 Å². The molecule has 0 saturated carbocycles. The molecule has 56 heavy (non-hydrogen) atoms. The number of nitrogens with zero attached hydrogens (tertiary/aromatic N) is 2. The van der Waals surface area contributed by atoms with Gasteiger partial charge in [-0.2, -0.15) is 78.9 Å². The lowest BCUT2D eigenvalue weighted by molar-refractivity contribution is -0.458. The Balaban J connectivity index is 2.48. The monoisotopic (exact) mass is 871 g/mol. The minimum Gasteiger partial charge on any atom is -0.466 e. The summed E-state index contributed by atoms with van der Waals surface area (Å²) >= 11 is 0. The summed E-state index contributed by atoms with van der Waals surface area (Å²) in [5.74, 6) is -57.1. The molecule has 29 heteroatoms. The quantitative estimate of drug-likeness (QED) is 0.0874. The van der Waals surface area contributed by atoms with Crippen LogP contribution in [0.4, 0.5) is 80.3 Å². The van der Waals surface area contributed by atoms with E-state index in [1.807, 2.05) is 0 Å². The molecule has 0 amide bonds. The summed E-state index contributed by atoms with van der Waals surface area (Å²) in [6.07, 6.45) is -7.97. The number of esters is 2. The summed E-state index contributed by atoms with van der Waals surface area (Å²) in [6.45, 7) is -1.07. The first kappa shape index (κ1) is 47.7. The molecule has 0 bridgehead atoms. The minimum atomic E-state index is -9.01. The Bertz CT molecular complexity index is 1910. The highest BCUT2D eigenvalue weighted by molar-refractivity contribution is 7.90. The van der Waals surface area contributed by atoms with Crippen molar-refractivity contribution in [3.05, 3.63) is 62.5 Å². The fourth-order valence-corrected chi connectivity index (χ4v) is 5.93. The highest BCUT2D eigenvalue weighted by atomic mass is 32.2. The number of hydrogen-bond donors (Lipinski definition) is 1. The summed E-state index contributed by atoms with van der Waals surface area (Å²) < 4.78 is 265. The first-order chi connectivity index (χ1) is 24.9. The zero-order valence-electron chi connectivity index (χ0n) is 27.8. The number of benzene rings is 1. The SMILES string of the molecule is COC(=O)C1=C(C)NC(C)=C(C(=O)OCCN(C)S(=O)(=O)C(F)(F)C(F)(F)C(F)(F)C(F)(F)C(F)(F)C(F)(F)C(F)(F)C(F)(F)F)C1c1cccc([N+](=O)[O-])c1. The lowest BCUT2D eigenvalue weighted by Gasteiger charge is -2.42. The van der Waals surface area contributed by atoms with E-state index >= 15 is 0 Å². The van der Waals surface area contributed by atoms with Crippen molar-refractivity contribution in [1.29, 1.82) is 0 Å². The summed E-state index contributed by atoms with van der Waals surface area (Å²) in [5.41, 5.74) is -2.06. The fraction of sp³-hybridized carbons (Fsp3) is 0.556. The van der Waals surface area contributed by atoms with Gasteiger partial charge in [-0.1, -0.05) is 12.1 Å². The second kappa shape index (κ2) is 14.8. The predicted octanol–water partition coefficient (Wildman–Crippen LogP) is 6.77. The normalized spacial score (nSPS) is 17.2. The molecule has 0 aromatic heterocycles. The molecule has 2 rings (SSSR count). The van der Waals surface area contributed by atoms with Gasteiger partial charge in [-0.05, 0) is 19.4 Å². The van der Waals surface area contributed by atoms with E-state index in [2.05, 4.69) is 10.1 Å². The van der Waals surface area contributed by atoms with Crippen molar-refractivity contribution in [2.24, 2.45) is 0 Å². The third-order valence-corrected chi connectivity index (χ3v) is 9.77. The van der Waals surface area contributed by atoms with Crippen LogP contribution in [0.25, 0.3) is 0 Å². The van der Waals surface area contributed by atoms with E-state index in [9.17, 15) is 103 Å².